The average molecular weight is 400 g/mol. The third-order valence-corrected chi connectivity index (χ3v) is 8.14. The Morgan fingerprint density at radius 1 is 1.00 bits per heavy atom. The van der Waals surface area contributed by atoms with Gasteiger partial charge in [-0.1, -0.05) is 23.8 Å². The number of hydrogen-bond acceptors (Lipinski definition) is 4. The number of ether oxygens (including phenoxy) is 1. The second kappa shape index (κ2) is 7.01. The van der Waals surface area contributed by atoms with Gasteiger partial charge in [-0.05, 0) is 61.6 Å². The predicted molar refractivity (Wildman–Crippen MR) is 107 cm³/mol. The Kier molecular flexibility index (Phi) is 4.79. The van der Waals surface area contributed by atoms with E-state index in [9.17, 15) is 13.2 Å². The molecule has 0 bridgehead atoms. The Labute approximate surface area is 166 Å². The van der Waals surface area contributed by atoms with Gasteiger partial charge in [-0.15, -0.1) is 0 Å². The van der Waals surface area contributed by atoms with Crippen LogP contribution in [-0.2, 0) is 26.7 Å². The van der Waals surface area contributed by atoms with E-state index in [4.69, 9.17) is 4.74 Å². The van der Waals surface area contributed by atoms with Crippen LogP contribution in [-0.4, -0.2) is 38.7 Å². The van der Waals surface area contributed by atoms with Crippen LogP contribution in [0.3, 0.4) is 0 Å². The number of aryl methyl sites for hydroxylation is 2. The molecule has 0 amide bonds. The van der Waals surface area contributed by atoms with E-state index in [0.29, 0.717) is 37.2 Å². The van der Waals surface area contributed by atoms with Crippen LogP contribution in [0.1, 0.15) is 36.0 Å². The third kappa shape index (κ3) is 3.05. The monoisotopic (exact) mass is 399 g/mol. The van der Waals surface area contributed by atoms with Gasteiger partial charge in [0.2, 0.25) is 10.0 Å². The molecule has 0 atom stereocenters. The van der Waals surface area contributed by atoms with Crippen molar-refractivity contribution in [3.8, 4) is 5.75 Å². The lowest BCUT2D eigenvalue weighted by Crippen LogP contribution is -2.50. The van der Waals surface area contributed by atoms with Crippen molar-refractivity contribution >= 4 is 15.8 Å². The predicted octanol–water partition coefficient (Wildman–Crippen LogP) is 3.24. The quantitative estimate of drug-likeness (QED) is 0.795. The summed E-state index contributed by atoms with van der Waals surface area (Å²) in [7, 11) is -1.92. The molecule has 0 aromatic heterocycles. The normalized spacial score (nSPS) is 19.4. The first-order valence-electron chi connectivity index (χ1n) is 9.64. The van der Waals surface area contributed by atoms with Crippen LogP contribution in [0.5, 0.6) is 5.75 Å². The fourth-order valence-electron chi connectivity index (χ4n) is 4.50. The molecule has 0 N–H and O–H groups in total. The summed E-state index contributed by atoms with van der Waals surface area (Å²) < 4.78 is 32.9. The van der Waals surface area contributed by atoms with Crippen LogP contribution < -0.4 is 4.74 Å². The van der Waals surface area contributed by atoms with E-state index < -0.39 is 15.4 Å². The Balaban J connectivity index is 1.63. The summed E-state index contributed by atoms with van der Waals surface area (Å²) in [6.07, 6.45) is 2.28. The molecule has 5 nitrogen and oxygen atoms in total. The fourth-order valence-corrected chi connectivity index (χ4v) is 5.94. The zero-order valence-electron chi connectivity index (χ0n) is 16.3. The number of methoxy groups -OCH3 is 1. The lowest BCUT2D eigenvalue weighted by molar-refractivity contribution is -0.126. The SMILES string of the molecule is COc1ccc2c(c1)C1(CCN(S(=O)(=O)c3ccc(C)cc3)CC1)C(=O)CC2. The Bertz CT molecular complexity index is 1000. The number of hydrogen-bond donors (Lipinski definition) is 0. The fraction of sp³-hybridized carbons (Fsp3) is 0.409. The first kappa shape index (κ1) is 19.2. The largest absolute Gasteiger partial charge is 0.497 e. The van der Waals surface area contributed by atoms with Gasteiger partial charge in [0.05, 0.1) is 17.4 Å². The molecule has 2 aliphatic rings. The van der Waals surface area contributed by atoms with Gasteiger partial charge in [-0.2, -0.15) is 4.31 Å². The highest BCUT2D eigenvalue weighted by atomic mass is 32.2. The molecule has 1 spiro atoms. The summed E-state index contributed by atoms with van der Waals surface area (Å²) in [4.78, 5) is 13.3. The Hall–Kier alpha value is -2.18. The minimum atomic E-state index is -3.54. The summed E-state index contributed by atoms with van der Waals surface area (Å²) in [5, 5.41) is 0. The second-order valence-electron chi connectivity index (χ2n) is 7.75. The van der Waals surface area contributed by atoms with Crippen molar-refractivity contribution in [3.05, 3.63) is 59.2 Å². The number of carbonyl (C=O) groups is 1. The topological polar surface area (TPSA) is 63.7 Å². The molecule has 0 saturated carbocycles. The molecule has 28 heavy (non-hydrogen) atoms. The van der Waals surface area contributed by atoms with E-state index in [1.54, 1.807) is 19.2 Å². The number of benzene rings is 2. The molecule has 1 aliphatic heterocycles. The minimum Gasteiger partial charge on any atom is -0.497 e. The summed E-state index contributed by atoms with van der Waals surface area (Å²) in [5.74, 6) is 0.961. The van der Waals surface area contributed by atoms with Gasteiger partial charge in [0.15, 0.2) is 0 Å². The highest BCUT2D eigenvalue weighted by molar-refractivity contribution is 7.89. The molecule has 1 saturated heterocycles. The highest BCUT2D eigenvalue weighted by Crippen LogP contribution is 2.44. The molecule has 0 radical (unpaired) electrons. The highest BCUT2D eigenvalue weighted by Gasteiger charge is 2.47. The van der Waals surface area contributed by atoms with Crippen molar-refractivity contribution in [1.82, 2.24) is 4.31 Å². The Morgan fingerprint density at radius 2 is 1.68 bits per heavy atom. The molecule has 1 heterocycles. The molecule has 2 aromatic carbocycles. The molecule has 2 aromatic rings. The van der Waals surface area contributed by atoms with Crippen LogP contribution >= 0.6 is 0 Å². The number of fused-ring (bicyclic) bond motifs is 2. The average Bonchev–Trinajstić information content (AvgIpc) is 2.71. The maximum absolute atomic E-state index is 13.0. The molecular weight excluding hydrogens is 374 g/mol. The van der Waals surface area contributed by atoms with Gasteiger partial charge in [0.1, 0.15) is 11.5 Å². The maximum Gasteiger partial charge on any atom is 0.243 e. The molecule has 6 heteroatoms. The van der Waals surface area contributed by atoms with Crippen LogP contribution in [0.25, 0.3) is 0 Å². The van der Waals surface area contributed by atoms with Crippen molar-refractivity contribution < 1.29 is 17.9 Å². The van der Waals surface area contributed by atoms with E-state index in [2.05, 4.69) is 0 Å². The van der Waals surface area contributed by atoms with Gasteiger partial charge >= 0.3 is 0 Å². The lowest BCUT2D eigenvalue weighted by atomic mass is 9.64. The van der Waals surface area contributed by atoms with E-state index in [-0.39, 0.29) is 5.78 Å². The summed E-state index contributed by atoms with van der Waals surface area (Å²) in [6.45, 7) is 2.62. The Morgan fingerprint density at radius 3 is 2.32 bits per heavy atom. The smallest absolute Gasteiger partial charge is 0.243 e. The molecule has 1 fully saturated rings. The van der Waals surface area contributed by atoms with E-state index >= 15 is 0 Å². The van der Waals surface area contributed by atoms with Crippen LogP contribution in [0.2, 0.25) is 0 Å². The van der Waals surface area contributed by atoms with Crippen LogP contribution in [0.15, 0.2) is 47.4 Å². The van der Waals surface area contributed by atoms with Crippen molar-refractivity contribution in [3.63, 3.8) is 0 Å². The first-order chi connectivity index (χ1) is 13.4. The van der Waals surface area contributed by atoms with E-state index in [1.165, 1.54) is 9.87 Å². The number of ketones is 1. The van der Waals surface area contributed by atoms with Crippen molar-refractivity contribution in [2.45, 2.75) is 42.9 Å². The van der Waals surface area contributed by atoms with Crippen LogP contribution in [0, 0.1) is 6.92 Å². The lowest BCUT2D eigenvalue weighted by Gasteiger charge is -2.43. The van der Waals surface area contributed by atoms with Crippen molar-refractivity contribution in [1.29, 1.82) is 0 Å². The minimum absolute atomic E-state index is 0.223. The third-order valence-electron chi connectivity index (χ3n) is 6.22. The maximum atomic E-state index is 13.0. The van der Waals surface area contributed by atoms with Gasteiger partial charge in [0, 0.05) is 19.5 Å². The van der Waals surface area contributed by atoms with Crippen molar-refractivity contribution in [2.24, 2.45) is 0 Å². The molecule has 4 rings (SSSR count). The van der Waals surface area contributed by atoms with Gasteiger partial charge in [-0.25, -0.2) is 8.42 Å². The summed E-state index contributed by atoms with van der Waals surface area (Å²) in [6, 6.07) is 12.9. The van der Waals surface area contributed by atoms with Crippen LogP contribution in [0.4, 0.5) is 0 Å². The van der Waals surface area contributed by atoms with Gasteiger partial charge in [0.25, 0.3) is 0 Å². The zero-order valence-corrected chi connectivity index (χ0v) is 17.1. The number of piperidine rings is 1. The standard InChI is InChI=1S/C22H25NO4S/c1-16-3-8-19(9-4-16)28(25,26)23-13-11-22(12-14-23)20-15-18(27-2)7-5-17(20)6-10-21(22)24/h3-5,7-9,15H,6,10-14H2,1-2H3. The summed E-state index contributed by atoms with van der Waals surface area (Å²) >= 11 is 0. The van der Waals surface area contributed by atoms with E-state index in [0.717, 1.165) is 23.3 Å². The zero-order chi connectivity index (χ0) is 19.9. The first-order valence-corrected chi connectivity index (χ1v) is 11.1. The number of rotatable bonds is 3. The second-order valence-corrected chi connectivity index (χ2v) is 9.68. The molecule has 148 valence electrons. The molecule has 0 unspecified atom stereocenters. The van der Waals surface area contributed by atoms with Gasteiger partial charge < -0.3 is 4.74 Å². The number of nitrogens with zero attached hydrogens (tertiary/aromatic N) is 1. The van der Waals surface area contributed by atoms with E-state index in [1.807, 2.05) is 37.3 Å². The van der Waals surface area contributed by atoms with Crippen molar-refractivity contribution in [2.75, 3.05) is 20.2 Å². The van der Waals surface area contributed by atoms with Gasteiger partial charge in [-0.3, -0.25) is 4.79 Å². The molecule has 1 aliphatic carbocycles. The number of carbonyl (C=O) groups excluding carboxylic acids is 1. The summed E-state index contributed by atoms with van der Waals surface area (Å²) in [5.41, 5.74) is 2.63. The number of sulfonamides is 1. The molecular formula is C22H25NO4S. The number of Topliss-reactive ketones (excluding diaryl/α,β-unsaturated/α-hetero) is 1.